The SMILES string of the molecule is O=C(O)CCN(CC(=O)O)c1nc(-c2ccc(F)cc2)cs1. The van der Waals surface area contributed by atoms with Gasteiger partial charge in [0.15, 0.2) is 5.13 Å². The van der Waals surface area contributed by atoms with Crippen molar-refractivity contribution in [3.63, 3.8) is 0 Å². The maximum absolute atomic E-state index is 12.9. The molecule has 2 aromatic rings. The molecule has 1 aromatic heterocycles. The van der Waals surface area contributed by atoms with Gasteiger partial charge in [-0.25, -0.2) is 9.37 Å². The molecule has 0 aliphatic heterocycles. The van der Waals surface area contributed by atoms with E-state index < -0.39 is 11.9 Å². The molecule has 0 spiro atoms. The van der Waals surface area contributed by atoms with Crippen LogP contribution in [0.3, 0.4) is 0 Å². The molecule has 0 unspecified atom stereocenters. The summed E-state index contributed by atoms with van der Waals surface area (Å²) in [5, 5.41) is 19.8. The molecular formula is C14H13FN2O4S. The van der Waals surface area contributed by atoms with Crippen molar-refractivity contribution < 1.29 is 24.2 Å². The lowest BCUT2D eigenvalue weighted by Gasteiger charge is -2.18. The number of nitrogens with zero attached hydrogens (tertiary/aromatic N) is 2. The molecule has 0 saturated heterocycles. The van der Waals surface area contributed by atoms with Gasteiger partial charge in [-0.15, -0.1) is 11.3 Å². The van der Waals surface area contributed by atoms with Gasteiger partial charge in [0.25, 0.3) is 0 Å². The fourth-order valence-corrected chi connectivity index (χ4v) is 2.66. The number of aliphatic carboxylic acids is 2. The summed E-state index contributed by atoms with van der Waals surface area (Å²) >= 11 is 1.22. The number of carboxylic acid groups (broad SMARTS) is 2. The predicted molar refractivity (Wildman–Crippen MR) is 79.6 cm³/mol. The summed E-state index contributed by atoms with van der Waals surface area (Å²) in [5.74, 6) is -2.43. The quantitative estimate of drug-likeness (QED) is 0.812. The van der Waals surface area contributed by atoms with Crippen molar-refractivity contribution in [1.82, 2.24) is 4.98 Å². The van der Waals surface area contributed by atoms with E-state index in [9.17, 15) is 14.0 Å². The highest BCUT2D eigenvalue weighted by molar-refractivity contribution is 7.14. The molecule has 2 N–H and O–H groups in total. The summed E-state index contributed by atoms with van der Waals surface area (Å²) < 4.78 is 12.9. The lowest BCUT2D eigenvalue weighted by molar-refractivity contribution is -0.138. The molecule has 8 heteroatoms. The van der Waals surface area contributed by atoms with E-state index in [-0.39, 0.29) is 25.3 Å². The van der Waals surface area contributed by atoms with Gasteiger partial charge in [-0.1, -0.05) is 0 Å². The predicted octanol–water partition coefficient (Wildman–Crippen LogP) is 2.31. The van der Waals surface area contributed by atoms with Crippen molar-refractivity contribution in [2.45, 2.75) is 6.42 Å². The second-order valence-corrected chi connectivity index (χ2v) is 5.32. The van der Waals surface area contributed by atoms with Crippen LogP contribution in [0.2, 0.25) is 0 Å². The summed E-state index contributed by atoms with van der Waals surface area (Å²) in [5.41, 5.74) is 1.29. The molecule has 22 heavy (non-hydrogen) atoms. The Hall–Kier alpha value is -2.48. The first-order chi connectivity index (χ1) is 10.5. The van der Waals surface area contributed by atoms with Crippen LogP contribution in [0.4, 0.5) is 9.52 Å². The van der Waals surface area contributed by atoms with Crippen LogP contribution in [-0.4, -0.2) is 40.2 Å². The molecule has 0 radical (unpaired) electrons. The molecule has 1 aromatic carbocycles. The summed E-state index contributed by atoms with van der Waals surface area (Å²) in [6.07, 6.45) is -0.182. The third-order valence-corrected chi connectivity index (χ3v) is 3.73. The van der Waals surface area contributed by atoms with Crippen LogP contribution in [0.1, 0.15) is 6.42 Å². The van der Waals surface area contributed by atoms with Gasteiger partial charge < -0.3 is 15.1 Å². The van der Waals surface area contributed by atoms with E-state index in [1.165, 1.54) is 28.4 Å². The fraction of sp³-hybridized carbons (Fsp3) is 0.214. The van der Waals surface area contributed by atoms with Gasteiger partial charge in [0.05, 0.1) is 12.1 Å². The van der Waals surface area contributed by atoms with Crippen LogP contribution in [0.25, 0.3) is 11.3 Å². The van der Waals surface area contributed by atoms with Crippen LogP contribution >= 0.6 is 11.3 Å². The van der Waals surface area contributed by atoms with Gasteiger partial charge in [0, 0.05) is 17.5 Å². The number of hydrogen-bond donors (Lipinski definition) is 2. The topological polar surface area (TPSA) is 90.7 Å². The van der Waals surface area contributed by atoms with Crippen LogP contribution in [0, 0.1) is 5.82 Å². The monoisotopic (exact) mass is 324 g/mol. The Labute approximate surface area is 129 Å². The van der Waals surface area contributed by atoms with Crippen molar-refractivity contribution in [3.05, 3.63) is 35.5 Å². The first-order valence-corrected chi connectivity index (χ1v) is 7.23. The zero-order chi connectivity index (χ0) is 16.1. The lowest BCUT2D eigenvalue weighted by Crippen LogP contribution is -2.31. The molecule has 116 valence electrons. The van der Waals surface area contributed by atoms with Crippen molar-refractivity contribution >= 4 is 28.4 Å². The van der Waals surface area contributed by atoms with Gasteiger partial charge in [0.2, 0.25) is 0 Å². The number of carbonyl (C=O) groups is 2. The molecule has 2 rings (SSSR count). The van der Waals surface area contributed by atoms with E-state index in [1.54, 1.807) is 17.5 Å². The molecule has 6 nitrogen and oxygen atoms in total. The van der Waals surface area contributed by atoms with Crippen molar-refractivity contribution in [2.24, 2.45) is 0 Å². The number of carboxylic acids is 2. The standard InChI is InChI=1S/C14H13FN2O4S/c15-10-3-1-9(2-4-10)11-8-22-14(16-11)17(7-13(20)21)6-5-12(18)19/h1-4,8H,5-7H2,(H,18,19)(H,20,21). The second kappa shape index (κ2) is 6.99. The minimum Gasteiger partial charge on any atom is -0.481 e. The Balaban J connectivity index is 2.19. The van der Waals surface area contributed by atoms with E-state index in [2.05, 4.69) is 4.98 Å². The molecule has 1 heterocycles. The first kappa shape index (κ1) is 15.9. The number of benzene rings is 1. The van der Waals surface area contributed by atoms with E-state index in [0.717, 1.165) is 0 Å². The highest BCUT2D eigenvalue weighted by atomic mass is 32.1. The largest absolute Gasteiger partial charge is 0.481 e. The molecule has 0 saturated carbocycles. The summed E-state index contributed by atoms with van der Waals surface area (Å²) in [6.45, 7) is -0.276. The summed E-state index contributed by atoms with van der Waals surface area (Å²) in [6, 6.07) is 5.78. The lowest BCUT2D eigenvalue weighted by atomic mass is 10.2. The average Bonchev–Trinajstić information content (AvgIpc) is 2.93. The maximum atomic E-state index is 12.9. The number of thiazole rings is 1. The number of aromatic nitrogens is 1. The molecule has 0 atom stereocenters. The van der Waals surface area contributed by atoms with Gasteiger partial charge in [0.1, 0.15) is 12.4 Å². The van der Waals surface area contributed by atoms with Crippen LogP contribution < -0.4 is 4.90 Å². The second-order valence-electron chi connectivity index (χ2n) is 4.48. The molecule has 0 fully saturated rings. The van der Waals surface area contributed by atoms with Crippen LogP contribution in [0.5, 0.6) is 0 Å². The number of rotatable bonds is 7. The molecule has 0 bridgehead atoms. The van der Waals surface area contributed by atoms with Gasteiger partial charge in [-0.2, -0.15) is 0 Å². The fourth-order valence-electron chi connectivity index (χ4n) is 1.80. The van der Waals surface area contributed by atoms with E-state index in [4.69, 9.17) is 10.2 Å². The number of halogens is 1. The van der Waals surface area contributed by atoms with Gasteiger partial charge in [-0.3, -0.25) is 9.59 Å². The van der Waals surface area contributed by atoms with E-state index in [1.807, 2.05) is 0 Å². The van der Waals surface area contributed by atoms with Crippen molar-refractivity contribution in [1.29, 1.82) is 0 Å². The highest BCUT2D eigenvalue weighted by Crippen LogP contribution is 2.27. The van der Waals surface area contributed by atoms with Crippen LogP contribution in [0.15, 0.2) is 29.6 Å². The minimum atomic E-state index is -1.07. The van der Waals surface area contributed by atoms with Crippen LogP contribution in [-0.2, 0) is 9.59 Å². The zero-order valence-electron chi connectivity index (χ0n) is 11.4. The normalized spacial score (nSPS) is 10.4. The first-order valence-electron chi connectivity index (χ1n) is 6.35. The minimum absolute atomic E-state index is 0.0536. The Bertz CT molecular complexity index is 672. The Morgan fingerprint density at radius 3 is 2.45 bits per heavy atom. The maximum Gasteiger partial charge on any atom is 0.323 e. The molecule has 0 aliphatic rings. The molecule has 0 aliphatic carbocycles. The zero-order valence-corrected chi connectivity index (χ0v) is 12.2. The van der Waals surface area contributed by atoms with Gasteiger partial charge >= 0.3 is 11.9 Å². The van der Waals surface area contributed by atoms with E-state index >= 15 is 0 Å². The third kappa shape index (κ3) is 4.26. The summed E-state index contributed by atoms with van der Waals surface area (Å²) in [7, 11) is 0. The third-order valence-electron chi connectivity index (χ3n) is 2.82. The van der Waals surface area contributed by atoms with Crippen molar-refractivity contribution in [3.8, 4) is 11.3 Å². The smallest absolute Gasteiger partial charge is 0.323 e. The average molecular weight is 324 g/mol. The number of hydrogen-bond acceptors (Lipinski definition) is 5. The van der Waals surface area contributed by atoms with Crippen molar-refractivity contribution in [2.75, 3.05) is 18.0 Å². The molecular weight excluding hydrogens is 311 g/mol. The Kier molecular flexibility index (Phi) is 5.05. The Morgan fingerprint density at radius 2 is 1.86 bits per heavy atom. The highest BCUT2D eigenvalue weighted by Gasteiger charge is 2.16. The molecule has 0 amide bonds. The van der Waals surface area contributed by atoms with Gasteiger partial charge in [-0.05, 0) is 24.3 Å². The van der Waals surface area contributed by atoms with E-state index in [0.29, 0.717) is 16.4 Å². The number of anilines is 1. The summed E-state index contributed by atoms with van der Waals surface area (Å²) in [4.78, 5) is 27.2. The Morgan fingerprint density at radius 1 is 1.18 bits per heavy atom.